The van der Waals surface area contributed by atoms with E-state index in [-0.39, 0.29) is 18.4 Å². The Hall–Kier alpha value is -3.65. The van der Waals surface area contributed by atoms with Crippen LogP contribution >= 0.6 is 0 Å². The maximum atomic E-state index is 13.5. The predicted octanol–water partition coefficient (Wildman–Crippen LogP) is 4.10. The molecule has 188 valence electrons. The van der Waals surface area contributed by atoms with Crippen molar-refractivity contribution in [1.29, 1.82) is 0 Å². The molecule has 5 rings (SSSR count). The number of fused-ring (bicyclic) bond motifs is 1. The largest absolute Gasteiger partial charge is 0.497 e. The van der Waals surface area contributed by atoms with E-state index in [1.807, 2.05) is 56.3 Å². The van der Waals surface area contributed by atoms with Crippen LogP contribution in [-0.4, -0.2) is 53.6 Å². The normalized spacial score (nSPS) is 21.9. The zero-order valence-corrected chi connectivity index (χ0v) is 21.1. The van der Waals surface area contributed by atoms with Crippen LogP contribution in [0.15, 0.2) is 42.5 Å². The topological polar surface area (TPSA) is 89.9 Å². The molecule has 1 aromatic heterocycles. The molecule has 3 heterocycles. The Morgan fingerprint density at radius 3 is 2.61 bits per heavy atom. The van der Waals surface area contributed by atoms with Gasteiger partial charge >= 0.3 is 6.03 Å². The number of ketones is 1. The van der Waals surface area contributed by atoms with Gasteiger partial charge in [-0.15, -0.1) is 0 Å². The van der Waals surface area contributed by atoms with Crippen LogP contribution in [0.2, 0.25) is 0 Å². The van der Waals surface area contributed by atoms with Gasteiger partial charge in [0, 0.05) is 30.1 Å². The lowest BCUT2D eigenvalue weighted by molar-refractivity contribution is -0.130. The van der Waals surface area contributed by atoms with Crippen molar-refractivity contribution in [3.8, 4) is 5.75 Å². The Morgan fingerprint density at radius 1 is 1.14 bits per heavy atom. The number of carbonyl (C=O) groups is 3. The first-order chi connectivity index (χ1) is 17.2. The average Bonchev–Trinajstić information content (AvgIpc) is 3.54. The van der Waals surface area contributed by atoms with E-state index < -0.39 is 17.5 Å². The van der Waals surface area contributed by atoms with Crippen molar-refractivity contribution in [2.45, 2.75) is 51.8 Å². The lowest BCUT2D eigenvalue weighted by atomic mass is 9.90. The summed E-state index contributed by atoms with van der Waals surface area (Å²) in [6, 6.07) is 12.5. The molecule has 0 aliphatic carbocycles. The molecule has 2 aliphatic rings. The van der Waals surface area contributed by atoms with Crippen LogP contribution in [0.3, 0.4) is 0 Å². The van der Waals surface area contributed by atoms with Gasteiger partial charge in [0.25, 0.3) is 5.91 Å². The highest BCUT2D eigenvalue weighted by Crippen LogP contribution is 2.32. The van der Waals surface area contributed by atoms with E-state index in [2.05, 4.69) is 9.88 Å². The Kier molecular flexibility index (Phi) is 6.08. The molecule has 0 spiro atoms. The number of Topliss-reactive ketones (excluding diaryl/α,β-unsaturated/α-hetero) is 1. The number of carbonyl (C=O) groups excluding carboxylic acids is 3. The number of methoxy groups -OCH3 is 1. The van der Waals surface area contributed by atoms with Crippen molar-refractivity contribution in [3.63, 3.8) is 0 Å². The lowest BCUT2D eigenvalue weighted by Crippen LogP contribution is -2.41. The molecule has 2 fully saturated rings. The molecule has 8 heteroatoms. The number of aryl methyl sites for hydroxylation is 1. The standard InChI is InChI=1S/C28H31N3O5/c1-17-12-24(18(2)30(17)15-23-6-5-11-36-23)25(32)16-31-26(33)28(3,29-27(31)34)21-9-7-20-14-22(35-4)10-8-19(20)13-21/h7-10,12-14,23H,5-6,11,15-16H2,1-4H3,(H,29,34)/t23-,28-/m0/s1. The number of hydrogen-bond donors (Lipinski definition) is 1. The minimum Gasteiger partial charge on any atom is -0.497 e. The maximum Gasteiger partial charge on any atom is 0.325 e. The lowest BCUT2D eigenvalue weighted by Gasteiger charge is -2.22. The van der Waals surface area contributed by atoms with E-state index in [9.17, 15) is 14.4 Å². The third kappa shape index (κ3) is 4.05. The maximum absolute atomic E-state index is 13.5. The van der Waals surface area contributed by atoms with Crippen LogP contribution in [-0.2, 0) is 21.6 Å². The molecule has 2 aromatic carbocycles. The minimum atomic E-state index is -1.26. The average molecular weight is 490 g/mol. The Morgan fingerprint density at radius 2 is 1.89 bits per heavy atom. The summed E-state index contributed by atoms with van der Waals surface area (Å²) in [7, 11) is 1.61. The molecule has 0 saturated carbocycles. The summed E-state index contributed by atoms with van der Waals surface area (Å²) in [5, 5.41) is 4.69. The van der Waals surface area contributed by atoms with Crippen LogP contribution in [0, 0.1) is 13.8 Å². The number of ether oxygens (including phenoxy) is 2. The van der Waals surface area contributed by atoms with E-state index in [4.69, 9.17) is 9.47 Å². The number of rotatable bonds is 7. The number of amides is 3. The number of urea groups is 1. The molecule has 3 amide bonds. The molecule has 0 unspecified atom stereocenters. The Bertz CT molecular complexity index is 1370. The molecule has 8 nitrogen and oxygen atoms in total. The summed E-state index contributed by atoms with van der Waals surface area (Å²) in [4.78, 5) is 40.6. The smallest absolute Gasteiger partial charge is 0.325 e. The second-order valence-corrected chi connectivity index (χ2v) is 9.83. The van der Waals surface area contributed by atoms with Crippen molar-refractivity contribution >= 4 is 28.5 Å². The predicted molar refractivity (Wildman–Crippen MR) is 135 cm³/mol. The van der Waals surface area contributed by atoms with Crippen molar-refractivity contribution in [2.24, 2.45) is 0 Å². The van der Waals surface area contributed by atoms with E-state index in [0.717, 1.165) is 52.3 Å². The number of nitrogens with one attached hydrogen (secondary N) is 1. The van der Waals surface area contributed by atoms with Crippen molar-refractivity contribution in [3.05, 3.63) is 65.0 Å². The summed E-state index contributed by atoms with van der Waals surface area (Å²) in [5.41, 5.74) is 1.71. The highest BCUT2D eigenvalue weighted by atomic mass is 16.5. The van der Waals surface area contributed by atoms with Crippen LogP contribution in [0.5, 0.6) is 5.75 Å². The van der Waals surface area contributed by atoms with Crippen molar-refractivity contribution in [2.75, 3.05) is 20.3 Å². The number of imide groups is 1. The molecule has 3 aromatic rings. The summed E-state index contributed by atoms with van der Waals surface area (Å²) < 4.78 is 13.1. The van der Waals surface area contributed by atoms with Crippen LogP contribution in [0.25, 0.3) is 10.8 Å². The Labute approximate surface area is 210 Å². The van der Waals surface area contributed by atoms with Gasteiger partial charge < -0.3 is 19.4 Å². The molecule has 0 radical (unpaired) electrons. The molecule has 0 bridgehead atoms. The summed E-state index contributed by atoms with van der Waals surface area (Å²) >= 11 is 0. The monoisotopic (exact) mass is 489 g/mol. The fraction of sp³-hybridized carbons (Fsp3) is 0.393. The second-order valence-electron chi connectivity index (χ2n) is 9.83. The van der Waals surface area contributed by atoms with Gasteiger partial charge in [0.2, 0.25) is 0 Å². The van der Waals surface area contributed by atoms with Crippen molar-refractivity contribution < 1.29 is 23.9 Å². The van der Waals surface area contributed by atoms with Gasteiger partial charge in [-0.1, -0.05) is 18.2 Å². The number of aromatic nitrogens is 1. The van der Waals surface area contributed by atoms with Crippen LogP contribution < -0.4 is 10.1 Å². The van der Waals surface area contributed by atoms with Gasteiger partial charge in [0.15, 0.2) is 5.78 Å². The van der Waals surface area contributed by atoms with Gasteiger partial charge in [0.1, 0.15) is 11.3 Å². The minimum absolute atomic E-state index is 0.146. The first kappa shape index (κ1) is 24.1. The number of benzene rings is 2. The van der Waals surface area contributed by atoms with Crippen LogP contribution in [0.1, 0.15) is 47.1 Å². The Balaban J connectivity index is 1.36. The van der Waals surface area contributed by atoms with E-state index >= 15 is 0 Å². The number of nitrogens with zero attached hydrogens (tertiary/aromatic N) is 2. The molecule has 2 saturated heterocycles. The molecule has 2 aliphatic heterocycles. The van der Waals surface area contributed by atoms with Gasteiger partial charge in [-0.25, -0.2) is 4.79 Å². The quantitative estimate of drug-likeness (QED) is 0.399. The molecule has 1 N–H and O–H groups in total. The molecule has 36 heavy (non-hydrogen) atoms. The first-order valence-corrected chi connectivity index (χ1v) is 12.2. The first-order valence-electron chi connectivity index (χ1n) is 12.2. The molecule has 2 atom stereocenters. The van der Waals surface area contributed by atoms with Crippen molar-refractivity contribution in [1.82, 2.24) is 14.8 Å². The van der Waals surface area contributed by atoms with Gasteiger partial charge in [-0.3, -0.25) is 14.5 Å². The summed E-state index contributed by atoms with van der Waals surface area (Å²) in [6.45, 7) is 6.69. The highest BCUT2D eigenvalue weighted by molar-refractivity contribution is 6.11. The van der Waals surface area contributed by atoms with Gasteiger partial charge in [-0.05, 0) is 74.2 Å². The second kappa shape index (κ2) is 9.09. The zero-order chi connectivity index (χ0) is 25.6. The van der Waals surface area contributed by atoms with E-state index in [1.165, 1.54) is 0 Å². The third-order valence-electron chi connectivity index (χ3n) is 7.49. The van der Waals surface area contributed by atoms with Crippen LogP contribution in [0.4, 0.5) is 4.79 Å². The summed E-state index contributed by atoms with van der Waals surface area (Å²) in [5.74, 6) is 0.0356. The molecular formula is C28H31N3O5. The number of hydrogen-bond acceptors (Lipinski definition) is 5. The zero-order valence-electron chi connectivity index (χ0n) is 21.1. The molecular weight excluding hydrogens is 458 g/mol. The highest BCUT2D eigenvalue weighted by Gasteiger charge is 2.49. The third-order valence-corrected chi connectivity index (χ3v) is 7.49. The van der Waals surface area contributed by atoms with E-state index in [0.29, 0.717) is 17.7 Å². The fourth-order valence-electron chi connectivity index (χ4n) is 5.28. The summed E-state index contributed by atoms with van der Waals surface area (Å²) in [6.07, 6.45) is 2.20. The van der Waals surface area contributed by atoms with Gasteiger partial charge in [-0.2, -0.15) is 0 Å². The van der Waals surface area contributed by atoms with E-state index in [1.54, 1.807) is 14.0 Å². The fourth-order valence-corrected chi connectivity index (χ4v) is 5.28. The SMILES string of the molecule is COc1ccc2cc([C@]3(C)NC(=O)N(CC(=O)c4cc(C)n(C[C@@H]5CCCO5)c4C)C3=O)ccc2c1. The van der Waals surface area contributed by atoms with Gasteiger partial charge in [0.05, 0.1) is 19.8 Å².